The van der Waals surface area contributed by atoms with E-state index in [4.69, 9.17) is 11.6 Å². The van der Waals surface area contributed by atoms with E-state index in [0.717, 1.165) is 38.8 Å². The summed E-state index contributed by atoms with van der Waals surface area (Å²) in [6.07, 6.45) is 10.5. The van der Waals surface area contributed by atoms with Crippen LogP contribution in [-0.2, 0) is 0 Å². The highest BCUT2D eigenvalue weighted by Gasteiger charge is 2.18. The number of halogens is 1. The Morgan fingerprint density at radius 3 is 2.24 bits per heavy atom. The Hall–Kier alpha value is -0.220. The molecule has 0 radical (unpaired) electrons. The lowest BCUT2D eigenvalue weighted by molar-refractivity contribution is 0.206. The van der Waals surface area contributed by atoms with E-state index < -0.39 is 0 Å². The van der Waals surface area contributed by atoms with E-state index in [1.807, 2.05) is 4.90 Å². The first-order valence-corrected chi connectivity index (χ1v) is 9.62. The Labute approximate surface area is 138 Å². The van der Waals surface area contributed by atoms with Crippen LogP contribution in [0.15, 0.2) is 4.99 Å². The van der Waals surface area contributed by atoms with E-state index in [1.54, 1.807) is 11.8 Å². The van der Waals surface area contributed by atoms with Gasteiger partial charge >= 0.3 is 6.03 Å². The van der Waals surface area contributed by atoms with Crippen molar-refractivity contribution in [2.24, 2.45) is 4.99 Å². The zero-order valence-electron chi connectivity index (χ0n) is 13.4. The second kappa shape index (κ2) is 11.4. The maximum atomic E-state index is 12.2. The molecule has 0 atom stereocenters. The van der Waals surface area contributed by atoms with Crippen LogP contribution in [0.1, 0.15) is 71.6 Å². The number of unbranched alkanes of at least 4 members (excludes halogenated alkanes) is 2. The zero-order valence-corrected chi connectivity index (χ0v) is 15.0. The number of carbonyl (C=O) groups is 1. The molecule has 1 aliphatic rings. The number of hydrogen-bond donors (Lipinski definition) is 0. The highest BCUT2D eigenvalue weighted by Crippen LogP contribution is 2.30. The maximum Gasteiger partial charge on any atom is 0.345 e. The van der Waals surface area contributed by atoms with Crippen molar-refractivity contribution < 1.29 is 4.79 Å². The maximum absolute atomic E-state index is 12.2. The van der Waals surface area contributed by atoms with Crippen molar-refractivity contribution in [3.8, 4) is 0 Å². The molecule has 122 valence electrons. The molecule has 0 spiro atoms. The van der Waals surface area contributed by atoms with Crippen molar-refractivity contribution >= 4 is 33.9 Å². The summed E-state index contributed by atoms with van der Waals surface area (Å²) in [4.78, 5) is 18.2. The van der Waals surface area contributed by atoms with Crippen molar-refractivity contribution in [3.05, 3.63) is 0 Å². The molecule has 1 saturated carbocycles. The van der Waals surface area contributed by atoms with Crippen LogP contribution in [0.3, 0.4) is 0 Å². The minimum Gasteiger partial charge on any atom is -0.323 e. The molecule has 5 heteroatoms. The van der Waals surface area contributed by atoms with Crippen LogP contribution in [0.2, 0.25) is 0 Å². The molecule has 0 saturated heterocycles. The molecule has 0 aliphatic heterocycles. The lowest BCUT2D eigenvalue weighted by Gasteiger charge is -2.21. The van der Waals surface area contributed by atoms with E-state index in [1.165, 1.54) is 32.1 Å². The molecule has 1 fully saturated rings. The Balaban J connectivity index is 2.48. The van der Waals surface area contributed by atoms with E-state index >= 15 is 0 Å². The van der Waals surface area contributed by atoms with Gasteiger partial charge in [-0.2, -0.15) is 4.99 Å². The fourth-order valence-corrected chi connectivity index (χ4v) is 3.92. The topological polar surface area (TPSA) is 32.7 Å². The molecular formula is C16H29ClN2OS. The largest absolute Gasteiger partial charge is 0.345 e. The molecule has 1 rings (SSSR count). The molecule has 0 aromatic heterocycles. The van der Waals surface area contributed by atoms with Crippen molar-refractivity contribution in [1.82, 2.24) is 4.90 Å². The molecule has 2 amide bonds. The SMILES string of the molecule is CCCCN(CCCC)C(=O)/N=C(\Cl)SC1CCCCC1. The average Bonchev–Trinajstić information content (AvgIpc) is 2.48. The second-order valence-corrected chi connectivity index (χ2v) is 7.59. The molecule has 3 nitrogen and oxygen atoms in total. The monoisotopic (exact) mass is 332 g/mol. The quantitative estimate of drug-likeness (QED) is 0.444. The number of rotatable bonds is 7. The molecule has 0 heterocycles. The minimum atomic E-state index is -0.162. The minimum absolute atomic E-state index is 0.162. The number of urea groups is 1. The number of amides is 2. The van der Waals surface area contributed by atoms with Crippen LogP contribution >= 0.6 is 23.4 Å². The van der Waals surface area contributed by atoms with Crippen LogP contribution in [0, 0.1) is 0 Å². The Morgan fingerprint density at radius 2 is 1.71 bits per heavy atom. The molecule has 0 bridgehead atoms. The van der Waals surface area contributed by atoms with Crippen molar-refractivity contribution in [2.45, 2.75) is 76.9 Å². The summed E-state index contributed by atoms with van der Waals surface area (Å²) in [5.41, 5.74) is 0. The van der Waals surface area contributed by atoms with Crippen molar-refractivity contribution in [1.29, 1.82) is 0 Å². The fraction of sp³-hybridized carbons (Fsp3) is 0.875. The van der Waals surface area contributed by atoms with Crippen LogP contribution in [0.5, 0.6) is 0 Å². The summed E-state index contributed by atoms with van der Waals surface area (Å²) < 4.78 is 0.421. The number of carbonyl (C=O) groups excluding carboxylic acids is 1. The summed E-state index contributed by atoms with van der Waals surface area (Å²) in [5.74, 6) is 0. The van der Waals surface area contributed by atoms with Crippen molar-refractivity contribution in [2.75, 3.05) is 13.1 Å². The van der Waals surface area contributed by atoms with Crippen LogP contribution in [-0.4, -0.2) is 33.8 Å². The van der Waals surface area contributed by atoms with Gasteiger partial charge in [0.05, 0.1) is 0 Å². The van der Waals surface area contributed by atoms with Crippen LogP contribution in [0.4, 0.5) is 4.79 Å². The first-order valence-electron chi connectivity index (χ1n) is 8.37. The smallest absolute Gasteiger partial charge is 0.323 e. The van der Waals surface area contributed by atoms with E-state index in [-0.39, 0.29) is 6.03 Å². The van der Waals surface area contributed by atoms with E-state index in [2.05, 4.69) is 18.8 Å². The lowest BCUT2D eigenvalue weighted by atomic mass is 10.0. The van der Waals surface area contributed by atoms with Gasteiger partial charge in [0.1, 0.15) is 0 Å². The van der Waals surface area contributed by atoms with Gasteiger partial charge < -0.3 is 4.90 Å². The van der Waals surface area contributed by atoms with Gasteiger partial charge in [-0.1, -0.05) is 69.3 Å². The van der Waals surface area contributed by atoms with Gasteiger partial charge in [0.2, 0.25) is 0 Å². The fourth-order valence-electron chi connectivity index (χ4n) is 2.49. The second-order valence-electron chi connectivity index (χ2n) is 5.72. The van der Waals surface area contributed by atoms with Gasteiger partial charge in [0.15, 0.2) is 4.50 Å². The zero-order chi connectivity index (χ0) is 15.5. The summed E-state index contributed by atoms with van der Waals surface area (Å²) in [7, 11) is 0. The molecule has 21 heavy (non-hydrogen) atoms. The highest BCUT2D eigenvalue weighted by molar-refractivity contribution is 8.17. The standard InChI is InChI=1S/C16H29ClN2OS/c1-3-5-12-19(13-6-4-2)16(20)18-15(17)21-14-10-8-7-9-11-14/h14H,3-13H2,1-2H3/b18-15+. The van der Waals surface area contributed by atoms with E-state index in [0.29, 0.717) is 9.75 Å². The molecule has 0 aromatic rings. The normalized spacial score (nSPS) is 17.0. The predicted molar refractivity (Wildman–Crippen MR) is 94.5 cm³/mol. The first kappa shape index (κ1) is 18.8. The Morgan fingerprint density at radius 1 is 1.14 bits per heavy atom. The molecule has 0 aromatic carbocycles. The average molecular weight is 333 g/mol. The first-order chi connectivity index (χ1) is 10.2. The van der Waals surface area contributed by atoms with Gasteiger partial charge in [0.25, 0.3) is 0 Å². The number of thioether (sulfide) groups is 1. The van der Waals surface area contributed by atoms with Crippen LogP contribution in [0.25, 0.3) is 0 Å². The van der Waals surface area contributed by atoms with Gasteiger partial charge in [-0.25, -0.2) is 4.79 Å². The number of hydrogen-bond acceptors (Lipinski definition) is 2. The summed E-state index contributed by atoms with van der Waals surface area (Å²) >= 11 is 7.77. The number of aliphatic imine (C=N–C) groups is 1. The highest BCUT2D eigenvalue weighted by atomic mass is 35.5. The third-order valence-corrected chi connectivity index (χ3v) is 5.28. The van der Waals surface area contributed by atoms with Gasteiger partial charge in [-0.05, 0) is 25.7 Å². The van der Waals surface area contributed by atoms with E-state index in [9.17, 15) is 4.79 Å². The third kappa shape index (κ3) is 8.10. The van der Waals surface area contributed by atoms with Gasteiger partial charge in [0, 0.05) is 18.3 Å². The Bertz CT molecular complexity index is 322. The number of nitrogens with zero attached hydrogens (tertiary/aromatic N) is 2. The van der Waals surface area contributed by atoms with Crippen LogP contribution < -0.4 is 0 Å². The van der Waals surface area contributed by atoms with Crippen molar-refractivity contribution in [3.63, 3.8) is 0 Å². The predicted octanol–water partition coefficient (Wildman–Crippen LogP) is 5.67. The third-order valence-electron chi connectivity index (χ3n) is 3.83. The molecule has 0 unspecified atom stereocenters. The molecule has 1 aliphatic carbocycles. The summed E-state index contributed by atoms with van der Waals surface area (Å²) in [5, 5.41) is 0.544. The van der Waals surface area contributed by atoms with Gasteiger partial charge in [-0.15, -0.1) is 0 Å². The lowest BCUT2D eigenvalue weighted by Crippen LogP contribution is -2.31. The summed E-state index contributed by atoms with van der Waals surface area (Å²) in [6, 6.07) is -0.162. The summed E-state index contributed by atoms with van der Waals surface area (Å²) in [6.45, 7) is 5.85. The molecule has 0 N–H and O–H groups in total. The molecular weight excluding hydrogens is 304 g/mol. The van der Waals surface area contributed by atoms with Gasteiger partial charge in [-0.3, -0.25) is 0 Å². The Kier molecular flexibility index (Phi) is 10.2.